The molecule has 0 aliphatic carbocycles. The van der Waals surface area contributed by atoms with E-state index in [1.807, 2.05) is 18.9 Å². The molecule has 4 aromatic rings. The quantitative estimate of drug-likeness (QED) is 0.549. The Morgan fingerprint density at radius 2 is 1.96 bits per heavy atom. The van der Waals surface area contributed by atoms with Crippen molar-refractivity contribution in [3.63, 3.8) is 0 Å². The summed E-state index contributed by atoms with van der Waals surface area (Å²) in [6.07, 6.45) is 2.35. The molecule has 0 unspecified atom stereocenters. The normalized spacial score (nSPS) is 11.2. The van der Waals surface area contributed by atoms with Gasteiger partial charge in [-0.05, 0) is 12.1 Å². The molecule has 0 aliphatic heterocycles. The molecular formula is C18H17FN6O. The molecule has 0 fully saturated rings. The summed E-state index contributed by atoms with van der Waals surface area (Å²) in [6.45, 7) is 2.36. The standard InChI is InChI=1S/C18H17FN6O/c1-3-16-22-23-17(26-16)11-24(2)18-10-14(12-6-4-5-7-13(12)19)21-15-8-9-20-25(15)18/h4-10H,3,11H2,1-2H3. The lowest BCUT2D eigenvalue weighted by Gasteiger charge is -2.19. The Kier molecular flexibility index (Phi) is 4.08. The lowest BCUT2D eigenvalue weighted by atomic mass is 10.1. The Balaban J connectivity index is 1.76. The monoisotopic (exact) mass is 352 g/mol. The van der Waals surface area contributed by atoms with Gasteiger partial charge in [-0.15, -0.1) is 10.2 Å². The second kappa shape index (κ2) is 6.55. The molecule has 26 heavy (non-hydrogen) atoms. The van der Waals surface area contributed by atoms with Gasteiger partial charge in [0.2, 0.25) is 11.8 Å². The lowest BCUT2D eigenvalue weighted by Crippen LogP contribution is -2.20. The van der Waals surface area contributed by atoms with Crippen molar-refractivity contribution in [1.29, 1.82) is 0 Å². The van der Waals surface area contributed by atoms with Gasteiger partial charge in [-0.2, -0.15) is 9.61 Å². The zero-order valence-electron chi connectivity index (χ0n) is 14.4. The molecule has 0 radical (unpaired) electrons. The lowest BCUT2D eigenvalue weighted by molar-refractivity contribution is 0.452. The van der Waals surface area contributed by atoms with Crippen LogP contribution in [0.3, 0.4) is 0 Å². The van der Waals surface area contributed by atoms with Crippen molar-refractivity contribution in [2.24, 2.45) is 0 Å². The van der Waals surface area contributed by atoms with Crippen LogP contribution in [-0.4, -0.2) is 31.8 Å². The minimum absolute atomic E-state index is 0.318. The predicted octanol–water partition coefficient (Wildman–Crippen LogP) is 3.12. The zero-order valence-corrected chi connectivity index (χ0v) is 14.4. The molecule has 1 aromatic carbocycles. The maximum atomic E-state index is 14.2. The molecule has 0 amide bonds. The molecule has 0 saturated carbocycles. The van der Waals surface area contributed by atoms with Crippen LogP contribution >= 0.6 is 0 Å². The first kappa shape index (κ1) is 16.2. The van der Waals surface area contributed by atoms with Gasteiger partial charge in [0.1, 0.15) is 11.6 Å². The van der Waals surface area contributed by atoms with Gasteiger partial charge in [0.15, 0.2) is 5.65 Å². The number of rotatable bonds is 5. The first-order valence-electron chi connectivity index (χ1n) is 8.28. The summed E-state index contributed by atoms with van der Waals surface area (Å²) in [6, 6.07) is 10.2. The average molecular weight is 352 g/mol. The molecule has 0 saturated heterocycles. The van der Waals surface area contributed by atoms with E-state index in [-0.39, 0.29) is 5.82 Å². The van der Waals surface area contributed by atoms with E-state index < -0.39 is 0 Å². The van der Waals surface area contributed by atoms with Crippen molar-refractivity contribution in [3.8, 4) is 11.3 Å². The van der Waals surface area contributed by atoms with E-state index in [9.17, 15) is 4.39 Å². The van der Waals surface area contributed by atoms with Gasteiger partial charge in [0, 0.05) is 31.2 Å². The fourth-order valence-corrected chi connectivity index (χ4v) is 2.75. The maximum absolute atomic E-state index is 14.2. The van der Waals surface area contributed by atoms with Crippen LogP contribution in [0, 0.1) is 5.82 Å². The number of halogens is 1. The van der Waals surface area contributed by atoms with Crippen molar-refractivity contribution in [3.05, 3.63) is 60.2 Å². The van der Waals surface area contributed by atoms with E-state index >= 15 is 0 Å². The Labute approximate surface area is 149 Å². The molecule has 132 valence electrons. The second-order valence-corrected chi connectivity index (χ2v) is 5.88. The summed E-state index contributed by atoms with van der Waals surface area (Å²) in [5, 5.41) is 12.3. The Morgan fingerprint density at radius 3 is 2.73 bits per heavy atom. The van der Waals surface area contributed by atoms with Gasteiger partial charge >= 0.3 is 0 Å². The molecule has 7 nitrogen and oxygen atoms in total. The largest absolute Gasteiger partial charge is 0.423 e. The predicted molar refractivity (Wildman–Crippen MR) is 94.2 cm³/mol. The summed E-state index contributed by atoms with van der Waals surface area (Å²) in [5.41, 5.74) is 1.61. The summed E-state index contributed by atoms with van der Waals surface area (Å²) in [5.74, 6) is 1.53. The number of nitrogens with zero attached hydrogens (tertiary/aromatic N) is 6. The fraction of sp³-hybridized carbons (Fsp3) is 0.222. The highest BCUT2D eigenvalue weighted by molar-refractivity contribution is 5.67. The number of aryl methyl sites for hydroxylation is 1. The molecule has 0 N–H and O–H groups in total. The molecule has 0 aliphatic rings. The molecule has 3 aromatic heterocycles. The summed E-state index contributed by atoms with van der Waals surface area (Å²) < 4.78 is 21.5. The summed E-state index contributed by atoms with van der Waals surface area (Å²) >= 11 is 0. The van der Waals surface area contributed by atoms with Crippen LogP contribution in [0.15, 0.2) is 47.0 Å². The van der Waals surface area contributed by atoms with Crippen LogP contribution in [0.2, 0.25) is 0 Å². The minimum atomic E-state index is -0.318. The van der Waals surface area contributed by atoms with E-state index in [0.29, 0.717) is 41.7 Å². The van der Waals surface area contributed by atoms with Crippen LogP contribution in [0.25, 0.3) is 16.9 Å². The van der Waals surface area contributed by atoms with E-state index in [4.69, 9.17) is 4.42 Å². The third-order valence-corrected chi connectivity index (χ3v) is 4.07. The van der Waals surface area contributed by atoms with Gasteiger partial charge in [-0.25, -0.2) is 9.37 Å². The SMILES string of the molecule is CCc1nnc(CN(C)c2cc(-c3ccccc3F)nc3ccnn23)o1. The van der Waals surface area contributed by atoms with Gasteiger partial charge in [0.25, 0.3) is 0 Å². The Morgan fingerprint density at radius 1 is 1.15 bits per heavy atom. The second-order valence-electron chi connectivity index (χ2n) is 5.88. The van der Waals surface area contributed by atoms with Gasteiger partial charge < -0.3 is 9.32 Å². The highest BCUT2D eigenvalue weighted by atomic mass is 19.1. The highest BCUT2D eigenvalue weighted by Crippen LogP contribution is 2.26. The summed E-state index contributed by atoms with van der Waals surface area (Å²) in [7, 11) is 1.89. The van der Waals surface area contributed by atoms with Gasteiger partial charge in [-0.1, -0.05) is 19.1 Å². The number of anilines is 1. The fourth-order valence-electron chi connectivity index (χ4n) is 2.75. The van der Waals surface area contributed by atoms with E-state index in [1.165, 1.54) is 6.07 Å². The first-order valence-corrected chi connectivity index (χ1v) is 8.28. The van der Waals surface area contributed by atoms with Crippen LogP contribution in [-0.2, 0) is 13.0 Å². The van der Waals surface area contributed by atoms with Crippen molar-refractivity contribution >= 4 is 11.5 Å². The zero-order chi connectivity index (χ0) is 18.1. The molecule has 8 heteroatoms. The van der Waals surface area contributed by atoms with Crippen molar-refractivity contribution < 1.29 is 8.81 Å². The smallest absolute Gasteiger partial charge is 0.235 e. The Bertz CT molecular complexity index is 1060. The number of hydrogen-bond donors (Lipinski definition) is 0. The third-order valence-electron chi connectivity index (χ3n) is 4.07. The Hall–Kier alpha value is -3.29. The van der Waals surface area contributed by atoms with Gasteiger partial charge in [-0.3, -0.25) is 0 Å². The van der Waals surface area contributed by atoms with E-state index in [2.05, 4.69) is 20.3 Å². The van der Waals surface area contributed by atoms with Crippen molar-refractivity contribution in [2.75, 3.05) is 11.9 Å². The number of fused-ring (bicyclic) bond motifs is 1. The highest BCUT2D eigenvalue weighted by Gasteiger charge is 2.16. The van der Waals surface area contributed by atoms with E-state index in [1.54, 1.807) is 41.0 Å². The van der Waals surface area contributed by atoms with Crippen LogP contribution in [0.1, 0.15) is 18.7 Å². The number of benzene rings is 1. The third kappa shape index (κ3) is 2.90. The molecule has 0 spiro atoms. The molecule has 0 bridgehead atoms. The first-order chi connectivity index (χ1) is 12.7. The molecular weight excluding hydrogens is 335 g/mol. The topological polar surface area (TPSA) is 72.4 Å². The van der Waals surface area contributed by atoms with Crippen LogP contribution in [0.4, 0.5) is 10.2 Å². The van der Waals surface area contributed by atoms with Crippen LogP contribution in [0.5, 0.6) is 0 Å². The number of aromatic nitrogens is 5. The minimum Gasteiger partial charge on any atom is -0.423 e. The molecule has 3 heterocycles. The molecule has 4 rings (SSSR count). The summed E-state index contributed by atoms with van der Waals surface area (Å²) in [4.78, 5) is 6.43. The number of hydrogen-bond acceptors (Lipinski definition) is 6. The van der Waals surface area contributed by atoms with Crippen LogP contribution < -0.4 is 4.90 Å². The maximum Gasteiger partial charge on any atom is 0.235 e. The average Bonchev–Trinajstić information content (AvgIpc) is 3.30. The van der Waals surface area contributed by atoms with Crippen molar-refractivity contribution in [1.82, 2.24) is 24.8 Å². The molecule has 0 atom stereocenters. The van der Waals surface area contributed by atoms with E-state index in [0.717, 1.165) is 5.82 Å². The van der Waals surface area contributed by atoms with Gasteiger partial charge in [0.05, 0.1) is 18.4 Å². The van der Waals surface area contributed by atoms with Crippen molar-refractivity contribution in [2.45, 2.75) is 19.9 Å².